The van der Waals surface area contributed by atoms with Crippen LogP contribution in [0.15, 0.2) is 24.3 Å². The molecule has 4 heteroatoms. The number of nitrogens with zero attached hydrogens (tertiary/aromatic N) is 2. The van der Waals surface area contributed by atoms with Crippen molar-refractivity contribution in [3.8, 4) is 0 Å². The Morgan fingerprint density at radius 2 is 1.08 bits per heavy atom. The third-order valence-corrected chi connectivity index (χ3v) is 1.62. The summed E-state index contributed by atoms with van der Waals surface area (Å²) in [5.41, 5.74) is 1.64. The van der Waals surface area contributed by atoms with Gasteiger partial charge in [0.1, 0.15) is 0 Å². The van der Waals surface area contributed by atoms with E-state index < -0.39 is 0 Å². The van der Waals surface area contributed by atoms with Gasteiger partial charge in [-0.25, -0.2) is 0 Å². The third kappa shape index (κ3) is 1.87. The fourth-order valence-corrected chi connectivity index (χ4v) is 0.900. The molecule has 0 unspecified atom stereocenters. The number of rotatable bonds is 2. The summed E-state index contributed by atoms with van der Waals surface area (Å²) in [6.45, 7) is 0. The van der Waals surface area contributed by atoms with Crippen LogP contribution in [-0.2, 0) is 0 Å². The summed E-state index contributed by atoms with van der Waals surface area (Å²) in [4.78, 5) is 0. The lowest BCUT2D eigenvalue weighted by molar-refractivity contribution is 1.19. The number of hydrogen-bond donors (Lipinski definition) is 0. The van der Waals surface area contributed by atoms with Crippen LogP contribution in [0.2, 0.25) is 0 Å². The molecule has 0 aliphatic heterocycles. The van der Waals surface area contributed by atoms with Crippen LogP contribution in [0.3, 0.4) is 0 Å². The second-order valence-corrected chi connectivity index (χ2v) is 2.63. The van der Waals surface area contributed by atoms with Crippen molar-refractivity contribution in [1.82, 2.24) is 0 Å². The Bertz CT molecular complexity index is 213. The Balaban J connectivity index is 2.86. The van der Waals surface area contributed by atoms with E-state index in [1.54, 1.807) is 14.1 Å². The molecule has 4 nitrogen and oxygen atoms in total. The zero-order chi connectivity index (χ0) is 9.14. The van der Waals surface area contributed by atoms with Gasteiger partial charge in [-0.05, 0) is 38.4 Å². The summed E-state index contributed by atoms with van der Waals surface area (Å²) in [6.07, 6.45) is 0. The molecular formula is C8H12N4-2. The Kier molecular flexibility index (Phi) is 2.52. The van der Waals surface area contributed by atoms with Gasteiger partial charge in [-0.1, -0.05) is 0 Å². The Morgan fingerprint density at radius 3 is 1.25 bits per heavy atom. The van der Waals surface area contributed by atoms with Gasteiger partial charge >= 0.3 is 0 Å². The predicted molar refractivity (Wildman–Crippen MR) is 51.9 cm³/mol. The lowest BCUT2D eigenvalue weighted by Gasteiger charge is -2.26. The van der Waals surface area contributed by atoms with Crippen LogP contribution >= 0.6 is 0 Å². The van der Waals surface area contributed by atoms with Gasteiger partial charge in [0.25, 0.3) is 0 Å². The largest absolute Gasteiger partial charge is 0.584 e. The molecule has 0 fully saturated rings. The van der Waals surface area contributed by atoms with E-state index in [0.717, 1.165) is 11.4 Å². The van der Waals surface area contributed by atoms with Gasteiger partial charge in [0, 0.05) is 11.4 Å². The molecule has 0 radical (unpaired) electrons. The van der Waals surface area contributed by atoms with E-state index in [1.807, 2.05) is 24.3 Å². The van der Waals surface area contributed by atoms with E-state index in [1.165, 1.54) is 10.0 Å². The molecule has 0 amide bonds. The lowest BCUT2D eigenvalue weighted by Crippen LogP contribution is -2.05. The maximum atomic E-state index is 7.27. The first-order chi connectivity index (χ1) is 5.61. The average Bonchev–Trinajstić information content (AvgIpc) is 2.04. The zero-order valence-electron chi connectivity index (χ0n) is 7.20. The molecule has 0 heterocycles. The highest BCUT2D eigenvalue weighted by Gasteiger charge is 1.91. The van der Waals surface area contributed by atoms with Crippen LogP contribution in [0.4, 0.5) is 11.4 Å². The molecule has 0 spiro atoms. The fourth-order valence-electron chi connectivity index (χ4n) is 0.900. The van der Waals surface area contributed by atoms with Crippen LogP contribution in [0.5, 0.6) is 0 Å². The van der Waals surface area contributed by atoms with Crippen molar-refractivity contribution in [2.75, 3.05) is 24.1 Å². The van der Waals surface area contributed by atoms with E-state index in [-0.39, 0.29) is 0 Å². The van der Waals surface area contributed by atoms with Crippen LogP contribution in [0.25, 0.3) is 11.7 Å². The van der Waals surface area contributed by atoms with E-state index in [0.29, 0.717) is 0 Å². The molecule has 0 atom stereocenters. The molecule has 0 bridgehead atoms. The molecule has 0 aliphatic rings. The Labute approximate surface area is 72.3 Å². The number of anilines is 2. The first kappa shape index (κ1) is 8.83. The van der Waals surface area contributed by atoms with Crippen molar-refractivity contribution in [3.63, 3.8) is 0 Å². The van der Waals surface area contributed by atoms with Gasteiger partial charge in [-0.15, -0.1) is 0 Å². The van der Waals surface area contributed by atoms with Crippen molar-refractivity contribution in [1.29, 1.82) is 0 Å². The second-order valence-electron chi connectivity index (χ2n) is 2.63. The van der Waals surface area contributed by atoms with Crippen molar-refractivity contribution in [2.24, 2.45) is 0 Å². The highest BCUT2D eigenvalue weighted by molar-refractivity contribution is 5.56. The van der Waals surface area contributed by atoms with Crippen molar-refractivity contribution in [3.05, 3.63) is 36.0 Å². The molecule has 0 saturated carbocycles. The molecule has 0 saturated heterocycles. The van der Waals surface area contributed by atoms with Gasteiger partial charge < -0.3 is 21.7 Å². The van der Waals surface area contributed by atoms with E-state index in [2.05, 4.69) is 0 Å². The normalized spacial score (nSPS) is 9.67. The molecule has 2 N–H and O–H groups in total. The van der Waals surface area contributed by atoms with Crippen LogP contribution in [0.1, 0.15) is 0 Å². The van der Waals surface area contributed by atoms with Crippen molar-refractivity contribution < 1.29 is 0 Å². The minimum Gasteiger partial charge on any atom is -0.584 e. The third-order valence-electron chi connectivity index (χ3n) is 1.62. The summed E-state index contributed by atoms with van der Waals surface area (Å²) in [5.74, 6) is 14.5. The zero-order valence-corrected chi connectivity index (χ0v) is 7.20. The van der Waals surface area contributed by atoms with E-state index in [4.69, 9.17) is 11.7 Å². The van der Waals surface area contributed by atoms with E-state index >= 15 is 0 Å². The molecule has 66 valence electrons. The first-order valence-corrected chi connectivity index (χ1v) is 3.61. The van der Waals surface area contributed by atoms with Crippen molar-refractivity contribution in [2.45, 2.75) is 0 Å². The molecule has 1 aromatic carbocycles. The van der Waals surface area contributed by atoms with Gasteiger partial charge in [-0.2, -0.15) is 0 Å². The number of nitrogens with one attached hydrogen (secondary N) is 2. The summed E-state index contributed by atoms with van der Waals surface area (Å²) < 4.78 is 0. The highest BCUT2D eigenvalue weighted by Crippen LogP contribution is 2.18. The predicted octanol–water partition coefficient (Wildman–Crippen LogP) is 2.49. The second kappa shape index (κ2) is 3.42. The monoisotopic (exact) mass is 164 g/mol. The van der Waals surface area contributed by atoms with Gasteiger partial charge in [0.15, 0.2) is 0 Å². The summed E-state index contributed by atoms with van der Waals surface area (Å²) >= 11 is 0. The van der Waals surface area contributed by atoms with Gasteiger partial charge in [0.05, 0.1) is 0 Å². The molecule has 1 rings (SSSR count). The SMILES string of the molecule is CN([NH-])c1ccc(N(C)[NH-])cc1. The maximum Gasteiger partial charge on any atom is 0.0193 e. The molecule has 12 heavy (non-hydrogen) atoms. The minimum absolute atomic E-state index is 0.820. The quantitative estimate of drug-likeness (QED) is 0.630. The topological polar surface area (TPSA) is 54.1 Å². The summed E-state index contributed by atoms with van der Waals surface area (Å²) in [7, 11) is 3.33. The molecular weight excluding hydrogens is 152 g/mol. The standard InChI is InChI=1S/C8H12N4/c1-11(9)7-3-5-8(6-4-7)12(2)10/h3-6,9-10H,1-2H3/q-2. The van der Waals surface area contributed by atoms with E-state index in [9.17, 15) is 0 Å². The summed E-state index contributed by atoms with van der Waals surface area (Å²) in [6, 6.07) is 7.25. The lowest BCUT2D eigenvalue weighted by atomic mass is 10.3. The van der Waals surface area contributed by atoms with Crippen molar-refractivity contribution >= 4 is 11.4 Å². The number of hydrogen-bond acceptors (Lipinski definition) is 2. The molecule has 0 aliphatic carbocycles. The minimum atomic E-state index is 0.820. The maximum absolute atomic E-state index is 7.27. The summed E-state index contributed by atoms with van der Waals surface area (Å²) in [5, 5.41) is 2.57. The average molecular weight is 164 g/mol. The van der Waals surface area contributed by atoms with Crippen LogP contribution < -0.4 is 10.0 Å². The molecule has 0 aromatic heterocycles. The van der Waals surface area contributed by atoms with Gasteiger partial charge in [0.2, 0.25) is 0 Å². The number of benzene rings is 1. The van der Waals surface area contributed by atoms with Gasteiger partial charge in [-0.3, -0.25) is 0 Å². The first-order valence-electron chi connectivity index (χ1n) is 3.61. The Hall–Kier alpha value is -1.26. The van der Waals surface area contributed by atoms with Crippen LogP contribution in [0, 0.1) is 0 Å². The van der Waals surface area contributed by atoms with Crippen LogP contribution in [-0.4, -0.2) is 14.1 Å². The fraction of sp³-hybridized carbons (Fsp3) is 0.250. The smallest absolute Gasteiger partial charge is 0.0193 e. The highest BCUT2D eigenvalue weighted by atomic mass is 15.4. The molecule has 1 aromatic rings. The Morgan fingerprint density at radius 1 is 0.833 bits per heavy atom.